The molecule has 7 aromatic rings. The molecule has 0 heterocycles. The van der Waals surface area contributed by atoms with Crippen LogP contribution in [0.3, 0.4) is 0 Å². The van der Waals surface area contributed by atoms with Crippen LogP contribution in [0.15, 0.2) is 206 Å². The minimum Gasteiger partial charge on any atom is -0.489 e. The number of hydrogen-bond acceptors (Lipinski definition) is 5. The molecule has 312 valence electrons. The Bertz CT molecular complexity index is 2360. The molecule has 1 N–H and O–H groups in total. The normalized spacial score (nSPS) is 14.2. The summed E-state index contributed by atoms with van der Waals surface area (Å²) in [6, 6.07) is 67.0. The SMILES string of the molecule is CN(C(Cc1ccc(OCc2ccccc2)cc1)C(=O)NCC1(c2ccccc2)CCC1)C(C(=O)OCc1ccccc1)C(c1ccccc1)(c1ccccc1)c1ccccc1. The lowest BCUT2D eigenvalue weighted by atomic mass is 9.63. The largest absolute Gasteiger partial charge is 0.489 e. The minimum absolute atomic E-state index is 0.0827. The minimum atomic E-state index is -1.11. The summed E-state index contributed by atoms with van der Waals surface area (Å²) in [5.74, 6) is 0.151. The smallest absolute Gasteiger partial charge is 0.325 e. The molecule has 0 aliphatic heterocycles. The van der Waals surface area contributed by atoms with Crippen molar-refractivity contribution in [2.75, 3.05) is 13.6 Å². The molecule has 8 rings (SSSR count). The Morgan fingerprint density at radius 3 is 1.50 bits per heavy atom. The molecule has 1 saturated carbocycles. The van der Waals surface area contributed by atoms with Gasteiger partial charge < -0.3 is 14.8 Å². The second-order valence-corrected chi connectivity index (χ2v) is 16.4. The second kappa shape index (κ2) is 19.7. The lowest BCUT2D eigenvalue weighted by molar-refractivity contribution is -0.154. The van der Waals surface area contributed by atoms with Crippen molar-refractivity contribution in [3.8, 4) is 5.75 Å². The maximum atomic E-state index is 15.5. The molecule has 1 amide bonds. The van der Waals surface area contributed by atoms with E-state index in [1.807, 2.05) is 158 Å². The summed E-state index contributed by atoms with van der Waals surface area (Å²) in [4.78, 5) is 32.7. The topological polar surface area (TPSA) is 67.9 Å². The van der Waals surface area contributed by atoms with Crippen LogP contribution >= 0.6 is 0 Å². The maximum absolute atomic E-state index is 15.5. The van der Waals surface area contributed by atoms with Gasteiger partial charge in [-0.3, -0.25) is 14.5 Å². The predicted octanol–water partition coefficient (Wildman–Crippen LogP) is 10.5. The van der Waals surface area contributed by atoms with Crippen molar-refractivity contribution in [2.45, 2.75) is 61.8 Å². The predicted molar refractivity (Wildman–Crippen MR) is 247 cm³/mol. The number of esters is 1. The van der Waals surface area contributed by atoms with Gasteiger partial charge in [0.05, 0.1) is 11.5 Å². The summed E-state index contributed by atoms with van der Waals surface area (Å²) >= 11 is 0. The van der Waals surface area contributed by atoms with Crippen molar-refractivity contribution in [2.24, 2.45) is 0 Å². The molecular formula is C56H54N2O4. The van der Waals surface area contributed by atoms with Crippen molar-refractivity contribution in [1.29, 1.82) is 0 Å². The molecule has 0 aromatic heterocycles. The Labute approximate surface area is 366 Å². The molecule has 6 heteroatoms. The molecule has 1 aliphatic rings. The van der Waals surface area contributed by atoms with E-state index >= 15 is 9.59 Å². The van der Waals surface area contributed by atoms with Crippen molar-refractivity contribution in [3.63, 3.8) is 0 Å². The number of ether oxygens (including phenoxy) is 2. The van der Waals surface area contributed by atoms with Gasteiger partial charge in [0.2, 0.25) is 5.91 Å². The molecule has 0 spiro atoms. The fourth-order valence-corrected chi connectivity index (χ4v) is 9.16. The molecule has 6 nitrogen and oxygen atoms in total. The first-order valence-electron chi connectivity index (χ1n) is 21.6. The number of carbonyl (C=O) groups is 2. The van der Waals surface area contributed by atoms with E-state index in [2.05, 4.69) is 66.0 Å². The van der Waals surface area contributed by atoms with Crippen molar-refractivity contribution < 1.29 is 19.1 Å². The number of rotatable bonds is 18. The lowest BCUT2D eigenvalue weighted by Gasteiger charge is -2.47. The van der Waals surface area contributed by atoms with Crippen LogP contribution in [0.25, 0.3) is 0 Å². The first-order chi connectivity index (χ1) is 30.5. The van der Waals surface area contributed by atoms with E-state index in [9.17, 15) is 0 Å². The number of nitrogens with zero attached hydrogens (tertiary/aromatic N) is 1. The second-order valence-electron chi connectivity index (χ2n) is 16.4. The third-order valence-electron chi connectivity index (χ3n) is 12.6. The molecule has 0 saturated heterocycles. The summed E-state index contributed by atoms with van der Waals surface area (Å²) in [6.07, 6.45) is 3.43. The van der Waals surface area contributed by atoms with Gasteiger partial charge in [-0.05, 0) is 77.4 Å². The first kappa shape index (κ1) is 42.0. The van der Waals surface area contributed by atoms with Gasteiger partial charge in [-0.25, -0.2) is 0 Å². The number of nitrogens with one attached hydrogen (secondary N) is 1. The Morgan fingerprint density at radius 2 is 1.03 bits per heavy atom. The highest BCUT2D eigenvalue weighted by molar-refractivity contribution is 5.86. The molecule has 2 atom stereocenters. The zero-order valence-corrected chi connectivity index (χ0v) is 35.3. The van der Waals surface area contributed by atoms with Gasteiger partial charge in [-0.1, -0.05) is 201 Å². The van der Waals surface area contributed by atoms with Crippen LogP contribution in [-0.4, -0.2) is 42.5 Å². The van der Waals surface area contributed by atoms with Crippen LogP contribution in [0.1, 0.15) is 58.2 Å². The number of hydrogen-bond donors (Lipinski definition) is 1. The van der Waals surface area contributed by atoms with Gasteiger partial charge >= 0.3 is 5.97 Å². The quantitative estimate of drug-likeness (QED) is 0.0690. The highest BCUT2D eigenvalue weighted by Gasteiger charge is 2.52. The van der Waals surface area contributed by atoms with E-state index in [-0.39, 0.29) is 17.9 Å². The van der Waals surface area contributed by atoms with Crippen LogP contribution in [-0.2, 0) is 44.8 Å². The van der Waals surface area contributed by atoms with Crippen LogP contribution in [0.4, 0.5) is 0 Å². The average Bonchev–Trinajstić information content (AvgIpc) is 3.32. The molecule has 1 fully saturated rings. The number of benzene rings is 7. The molecule has 2 unspecified atom stereocenters. The average molecular weight is 819 g/mol. The number of carbonyl (C=O) groups excluding carboxylic acids is 2. The van der Waals surface area contributed by atoms with Gasteiger partial charge in [0.1, 0.15) is 25.0 Å². The van der Waals surface area contributed by atoms with Gasteiger partial charge in [-0.2, -0.15) is 0 Å². The van der Waals surface area contributed by atoms with E-state index in [0.717, 1.165) is 58.4 Å². The molecule has 62 heavy (non-hydrogen) atoms. The van der Waals surface area contributed by atoms with E-state index < -0.39 is 23.5 Å². The third kappa shape index (κ3) is 9.26. The first-order valence-corrected chi connectivity index (χ1v) is 21.6. The highest BCUT2D eigenvalue weighted by atomic mass is 16.5. The number of amides is 1. The van der Waals surface area contributed by atoms with Gasteiger partial charge in [-0.15, -0.1) is 0 Å². The van der Waals surface area contributed by atoms with E-state index in [0.29, 0.717) is 19.6 Å². The van der Waals surface area contributed by atoms with Crippen molar-refractivity contribution in [3.05, 3.63) is 245 Å². The van der Waals surface area contributed by atoms with E-state index in [1.54, 1.807) is 0 Å². The van der Waals surface area contributed by atoms with Crippen molar-refractivity contribution >= 4 is 11.9 Å². The molecular weight excluding hydrogens is 765 g/mol. The van der Waals surface area contributed by atoms with Gasteiger partial charge in [0.25, 0.3) is 0 Å². The highest BCUT2D eigenvalue weighted by Crippen LogP contribution is 2.46. The van der Waals surface area contributed by atoms with Gasteiger partial charge in [0.15, 0.2) is 0 Å². The van der Waals surface area contributed by atoms with Crippen LogP contribution < -0.4 is 10.1 Å². The maximum Gasteiger partial charge on any atom is 0.325 e. The van der Waals surface area contributed by atoms with Crippen LogP contribution in [0.2, 0.25) is 0 Å². The summed E-state index contributed by atoms with van der Waals surface area (Å²) < 4.78 is 12.6. The summed E-state index contributed by atoms with van der Waals surface area (Å²) in [6.45, 7) is 1.03. The fourth-order valence-electron chi connectivity index (χ4n) is 9.16. The zero-order valence-electron chi connectivity index (χ0n) is 35.3. The standard InChI is InChI=1S/C56H54N2O4/c1-58(51(53(59)57-42-55(37-20-38-55)46-25-12-4-13-26-46)39-43-33-35-50(36-34-43)61-40-44-21-8-2-9-22-44)52(54(60)62-41-45-23-10-3-11-24-45)56(47-27-14-5-15-28-47,48-29-16-6-17-30-48)49-31-18-7-19-32-49/h2-19,21-36,51-52H,20,37-42H2,1H3,(H,57,59). The molecule has 0 bridgehead atoms. The van der Waals surface area contributed by atoms with E-state index in [1.165, 1.54) is 5.56 Å². The fraction of sp³-hybridized carbons (Fsp3) is 0.214. The van der Waals surface area contributed by atoms with Crippen molar-refractivity contribution in [1.82, 2.24) is 10.2 Å². The molecule has 0 radical (unpaired) electrons. The van der Waals surface area contributed by atoms with Crippen LogP contribution in [0.5, 0.6) is 5.75 Å². The Hall–Kier alpha value is -6.76. The van der Waals surface area contributed by atoms with Gasteiger partial charge in [0, 0.05) is 12.0 Å². The van der Waals surface area contributed by atoms with E-state index in [4.69, 9.17) is 9.47 Å². The Morgan fingerprint density at radius 1 is 0.581 bits per heavy atom. The lowest BCUT2D eigenvalue weighted by Crippen LogP contribution is -2.62. The number of likely N-dealkylation sites (N-methyl/N-ethyl adjacent to an activating group) is 1. The molecule has 7 aromatic carbocycles. The van der Waals surface area contributed by atoms with Crippen LogP contribution in [0, 0.1) is 0 Å². The summed E-state index contributed by atoms with van der Waals surface area (Å²) in [7, 11) is 1.91. The zero-order chi connectivity index (χ0) is 42.6. The Balaban J connectivity index is 1.22. The monoisotopic (exact) mass is 818 g/mol. The third-order valence-corrected chi connectivity index (χ3v) is 12.6. The Kier molecular flexibility index (Phi) is 13.4. The summed E-state index contributed by atoms with van der Waals surface area (Å²) in [5, 5.41) is 3.44. The molecule has 1 aliphatic carbocycles. The summed E-state index contributed by atoms with van der Waals surface area (Å²) in [5.41, 5.74) is 5.59.